The fourth-order valence-electron chi connectivity index (χ4n) is 6.87. The first kappa shape index (κ1) is 28.6. The Morgan fingerprint density at radius 3 is 1.78 bits per heavy atom. The van der Waals surface area contributed by atoms with Crippen molar-refractivity contribution in [2.24, 2.45) is 0 Å². The van der Waals surface area contributed by atoms with Crippen LogP contribution in [0.15, 0.2) is 168 Å². The molecule has 0 bridgehead atoms. The number of benzene rings is 7. The predicted molar refractivity (Wildman–Crippen MR) is 207 cm³/mol. The van der Waals surface area contributed by atoms with E-state index < -0.39 is 0 Å². The van der Waals surface area contributed by atoms with Gasteiger partial charge in [0.15, 0.2) is 17.5 Å². The van der Waals surface area contributed by atoms with Crippen molar-refractivity contribution in [2.75, 3.05) is 0 Å². The molecule has 234 valence electrons. The molecule has 0 fully saturated rings. The van der Waals surface area contributed by atoms with E-state index in [1.165, 1.54) is 37.7 Å². The molecule has 0 saturated carbocycles. The largest absolute Gasteiger partial charge is 0.456 e. The molecule has 0 aliphatic carbocycles. The van der Waals surface area contributed by atoms with E-state index in [4.69, 9.17) is 19.4 Å². The Kier molecular flexibility index (Phi) is 6.64. The van der Waals surface area contributed by atoms with Crippen molar-refractivity contribution in [3.63, 3.8) is 0 Å². The maximum Gasteiger partial charge on any atom is 0.165 e. The van der Waals surface area contributed by atoms with Crippen LogP contribution >= 0.6 is 11.3 Å². The Labute approximate surface area is 292 Å². The van der Waals surface area contributed by atoms with Gasteiger partial charge in [0.2, 0.25) is 0 Å². The molecule has 7 aromatic carbocycles. The molecule has 5 heteroatoms. The molecular formula is C45H27N3OS. The van der Waals surface area contributed by atoms with Gasteiger partial charge in [-0.05, 0) is 70.8 Å². The average Bonchev–Trinajstić information content (AvgIpc) is 3.76. The van der Waals surface area contributed by atoms with Crippen molar-refractivity contribution in [3.8, 4) is 56.4 Å². The van der Waals surface area contributed by atoms with Crippen LogP contribution in [0.1, 0.15) is 0 Å². The van der Waals surface area contributed by atoms with Crippen LogP contribution in [0.25, 0.3) is 98.5 Å². The second kappa shape index (κ2) is 11.6. The summed E-state index contributed by atoms with van der Waals surface area (Å²) in [5.41, 5.74) is 9.36. The van der Waals surface area contributed by atoms with Crippen LogP contribution in [0.4, 0.5) is 0 Å². The SMILES string of the molecule is c1ccc(-c2cccc(-c3ccc4sc5c(-c6nc(-c7ccccc7)nc(-c7ccc8oc9ccccc9c8c7)n6)cccc5c4c3)c2)cc1. The normalized spacial score (nSPS) is 11.6. The number of nitrogens with zero attached hydrogens (tertiary/aromatic N) is 3. The molecule has 10 aromatic rings. The number of thiophene rings is 1. The maximum atomic E-state index is 6.12. The van der Waals surface area contributed by atoms with Gasteiger partial charge in [0.1, 0.15) is 11.2 Å². The monoisotopic (exact) mass is 657 g/mol. The molecule has 3 aromatic heterocycles. The summed E-state index contributed by atoms with van der Waals surface area (Å²) in [4.78, 5) is 15.3. The second-order valence-corrected chi connectivity index (χ2v) is 13.5. The van der Waals surface area contributed by atoms with Crippen LogP contribution in [-0.4, -0.2) is 15.0 Å². The fraction of sp³-hybridized carbons (Fsp3) is 0. The molecule has 0 amide bonds. The van der Waals surface area contributed by atoms with Crippen molar-refractivity contribution in [3.05, 3.63) is 164 Å². The number of fused-ring (bicyclic) bond motifs is 6. The smallest absolute Gasteiger partial charge is 0.165 e. The minimum absolute atomic E-state index is 0.625. The molecule has 4 nitrogen and oxygen atoms in total. The molecule has 0 N–H and O–H groups in total. The van der Waals surface area contributed by atoms with Crippen LogP contribution in [0.2, 0.25) is 0 Å². The van der Waals surface area contributed by atoms with Crippen LogP contribution < -0.4 is 0 Å². The number of hydrogen-bond acceptors (Lipinski definition) is 5. The maximum absolute atomic E-state index is 6.12. The number of hydrogen-bond donors (Lipinski definition) is 0. The zero-order valence-corrected chi connectivity index (χ0v) is 27.6. The van der Waals surface area contributed by atoms with Gasteiger partial charge in [-0.15, -0.1) is 11.3 Å². The summed E-state index contributed by atoms with van der Waals surface area (Å²) >= 11 is 1.78. The van der Waals surface area contributed by atoms with Gasteiger partial charge in [0.05, 0.1) is 0 Å². The highest BCUT2D eigenvalue weighted by molar-refractivity contribution is 7.26. The topological polar surface area (TPSA) is 51.8 Å². The zero-order valence-electron chi connectivity index (χ0n) is 26.7. The van der Waals surface area contributed by atoms with Crippen LogP contribution in [0.3, 0.4) is 0 Å². The van der Waals surface area contributed by atoms with Gasteiger partial charge >= 0.3 is 0 Å². The summed E-state index contributed by atoms with van der Waals surface area (Å²) in [6, 6.07) is 57.0. The molecule has 3 heterocycles. The van der Waals surface area contributed by atoms with Gasteiger partial charge in [0, 0.05) is 47.6 Å². The second-order valence-electron chi connectivity index (χ2n) is 12.4. The van der Waals surface area contributed by atoms with E-state index in [0.29, 0.717) is 17.5 Å². The average molecular weight is 658 g/mol. The number of rotatable bonds is 5. The lowest BCUT2D eigenvalue weighted by molar-refractivity contribution is 0.669. The van der Waals surface area contributed by atoms with Gasteiger partial charge in [-0.3, -0.25) is 0 Å². The number of para-hydroxylation sites is 1. The first-order chi connectivity index (χ1) is 24.7. The van der Waals surface area contributed by atoms with E-state index in [1.807, 2.05) is 60.7 Å². The lowest BCUT2D eigenvalue weighted by Gasteiger charge is -2.09. The van der Waals surface area contributed by atoms with E-state index >= 15 is 0 Å². The highest BCUT2D eigenvalue weighted by Gasteiger charge is 2.18. The van der Waals surface area contributed by atoms with Crippen molar-refractivity contribution >= 4 is 53.4 Å². The Hall–Kier alpha value is -6.43. The van der Waals surface area contributed by atoms with Crippen LogP contribution in [-0.2, 0) is 0 Å². The Balaban J connectivity index is 1.13. The van der Waals surface area contributed by atoms with Crippen molar-refractivity contribution in [1.82, 2.24) is 15.0 Å². The summed E-state index contributed by atoms with van der Waals surface area (Å²) in [7, 11) is 0. The van der Waals surface area contributed by atoms with E-state index in [-0.39, 0.29) is 0 Å². The number of furan rings is 1. The Bertz CT molecular complexity index is 2870. The molecule has 0 atom stereocenters. The first-order valence-corrected chi connectivity index (χ1v) is 17.4. The van der Waals surface area contributed by atoms with Gasteiger partial charge in [-0.2, -0.15) is 0 Å². The minimum Gasteiger partial charge on any atom is -0.456 e. The summed E-state index contributed by atoms with van der Waals surface area (Å²) in [6.45, 7) is 0. The van der Waals surface area contributed by atoms with Gasteiger partial charge in [-0.25, -0.2) is 15.0 Å². The molecule has 0 radical (unpaired) electrons. The molecule has 0 aliphatic rings. The standard InChI is InChI=1S/C45H27N3OS/c1-3-11-28(12-4-1)30-15-9-16-31(25-30)32-22-24-41-38(26-32)35-18-10-19-36(42(35)50-41)45-47-43(29-13-5-2-6-14-29)46-44(48-45)33-21-23-40-37(27-33)34-17-7-8-20-39(34)49-40/h1-27H. The van der Waals surface area contributed by atoms with Crippen LogP contribution in [0.5, 0.6) is 0 Å². The molecule has 0 spiro atoms. The van der Waals surface area contributed by atoms with Gasteiger partial charge in [-0.1, -0.05) is 115 Å². The summed E-state index contributed by atoms with van der Waals surface area (Å²) < 4.78 is 8.50. The van der Waals surface area contributed by atoms with Crippen molar-refractivity contribution in [1.29, 1.82) is 0 Å². The summed E-state index contributed by atoms with van der Waals surface area (Å²) in [6.07, 6.45) is 0. The Morgan fingerprint density at radius 1 is 0.360 bits per heavy atom. The van der Waals surface area contributed by atoms with Gasteiger partial charge in [0.25, 0.3) is 0 Å². The third kappa shape index (κ3) is 4.87. The lowest BCUT2D eigenvalue weighted by Crippen LogP contribution is -2.00. The third-order valence-electron chi connectivity index (χ3n) is 9.34. The molecule has 10 rings (SSSR count). The van der Waals surface area contributed by atoms with E-state index in [2.05, 4.69) is 103 Å². The third-order valence-corrected chi connectivity index (χ3v) is 10.6. The van der Waals surface area contributed by atoms with E-state index in [0.717, 1.165) is 43.3 Å². The zero-order chi connectivity index (χ0) is 33.0. The van der Waals surface area contributed by atoms with E-state index in [1.54, 1.807) is 11.3 Å². The Morgan fingerprint density at radius 2 is 0.940 bits per heavy atom. The molecule has 0 unspecified atom stereocenters. The first-order valence-electron chi connectivity index (χ1n) is 16.6. The highest BCUT2D eigenvalue weighted by atomic mass is 32.1. The molecular weight excluding hydrogens is 631 g/mol. The molecule has 0 saturated heterocycles. The quantitative estimate of drug-likeness (QED) is 0.185. The van der Waals surface area contributed by atoms with Crippen molar-refractivity contribution < 1.29 is 4.42 Å². The highest BCUT2D eigenvalue weighted by Crippen LogP contribution is 2.42. The minimum atomic E-state index is 0.625. The summed E-state index contributed by atoms with van der Waals surface area (Å²) in [5, 5.41) is 4.53. The summed E-state index contributed by atoms with van der Waals surface area (Å²) in [5.74, 6) is 1.92. The molecule has 0 aliphatic heterocycles. The predicted octanol–water partition coefficient (Wildman–Crippen LogP) is 12.5. The lowest BCUT2D eigenvalue weighted by atomic mass is 9.98. The van der Waals surface area contributed by atoms with Crippen molar-refractivity contribution in [2.45, 2.75) is 0 Å². The fourth-order valence-corrected chi connectivity index (χ4v) is 8.06. The van der Waals surface area contributed by atoms with Gasteiger partial charge < -0.3 is 4.42 Å². The van der Waals surface area contributed by atoms with E-state index in [9.17, 15) is 0 Å². The van der Waals surface area contributed by atoms with Crippen LogP contribution in [0, 0.1) is 0 Å². The molecule has 50 heavy (non-hydrogen) atoms. The number of aromatic nitrogens is 3.